The molecule has 2 aromatic carbocycles. The maximum absolute atomic E-state index is 5.84. The van der Waals surface area contributed by atoms with Crippen LogP contribution in [0.3, 0.4) is 0 Å². The lowest BCUT2D eigenvalue weighted by Crippen LogP contribution is -2.37. The average molecular weight is 520 g/mol. The van der Waals surface area contributed by atoms with Gasteiger partial charge < -0.3 is 24.5 Å². The predicted octanol–water partition coefficient (Wildman–Crippen LogP) is 3.90. The van der Waals surface area contributed by atoms with Crippen molar-refractivity contribution >= 4 is 29.9 Å². The minimum atomic E-state index is 0. The number of aryl methyl sites for hydroxylation is 1. The molecule has 0 bridgehead atoms. The number of ether oxygens (including phenoxy) is 2. The van der Waals surface area contributed by atoms with Crippen molar-refractivity contribution in [1.82, 2.24) is 15.6 Å². The zero-order valence-electron chi connectivity index (χ0n) is 17.0. The molecule has 0 aliphatic carbocycles. The smallest absolute Gasteiger partial charge is 0.231 e. The number of fused-ring (bicyclic) bond motifs is 1. The summed E-state index contributed by atoms with van der Waals surface area (Å²) in [7, 11) is 1.74. The van der Waals surface area contributed by atoms with Gasteiger partial charge in [-0.2, -0.15) is 0 Å². The number of rotatable bonds is 6. The number of hydrogen-bond acceptors (Lipinski definition) is 5. The van der Waals surface area contributed by atoms with Crippen LogP contribution in [-0.4, -0.2) is 31.3 Å². The molecule has 0 unspecified atom stereocenters. The van der Waals surface area contributed by atoms with Gasteiger partial charge in [0, 0.05) is 19.2 Å². The second kappa shape index (κ2) is 10.3. The monoisotopic (exact) mass is 520 g/mol. The van der Waals surface area contributed by atoms with E-state index in [1.807, 2.05) is 30.3 Å². The first-order chi connectivity index (χ1) is 14.2. The number of oxazole rings is 1. The third kappa shape index (κ3) is 5.44. The van der Waals surface area contributed by atoms with Crippen LogP contribution in [0.15, 0.2) is 58.1 Å². The summed E-state index contributed by atoms with van der Waals surface area (Å²) in [4.78, 5) is 8.59. The Bertz CT molecular complexity index is 1000. The Balaban J connectivity index is 0.00000256. The van der Waals surface area contributed by atoms with Gasteiger partial charge in [0.05, 0.1) is 12.7 Å². The molecule has 0 atom stereocenters. The predicted molar refractivity (Wildman–Crippen MR) is 127 cm³/mol. The zero-order chi connectivity index (χ0) is 20.1. The molecule has 7 nitrogen and oxygen atoms in total. The summed E-state index contributed by atoms with van der Waals surface area (Å²) < 4.78 is 16.6. The van der Waals surface area contributed by atoms with Crippen molar-refractivity contribution in [3.05, 3.63) is 65.7 Å². The fraction of sp³-hybridized carbons (Fsp3) is 0.273. The number of aromatic nitrogens is 1. The Morgan fingerprint density at radius 1 is 1.07 bits per heavy atom. The van der Waals surface area contributed by atoms with Gasteiger partial charge >= 0.3 is 0 Å². The molecule has 8 heteroatoms. The van der Waals surface area contributed by atoms with E-state index in [1.54, 1.807) is 13.2 Å². The molecule has 0 radical (unpaired) electrons. The van der Waals surface area contributed by atoms with E-state index in [0.29, 0.717) is 25.2 Å². The largest absolute Gasteiger partial charge is 0.454 e. The number of nitrogens with one attached hydrogen (secondary N) is 2. The van der Waals surface area contributed by atoms with E-state index in [-0.39, 0.29) is 24.0 Å². The molecule has 1 aliphatic rings. The Hall–Kier alpha value is -2.75. The summed E-state index contributed by atoms with van der Waals surface area (Å²) in [6, 6.07) is 14.2. The van der Waals surface area contributed by atoms with Crippen molar-refractivity contribution in [3.8, 4) is 22.8 Å². The fourth-order valence-corrected chi connectivity index (χ4v) is 3.04. The van der Waals surface area contributed by atoms with E-state index < -0.39 is 0 Å². The lowest BCUT2D eigenvalue weighted by Gasteiger charge is -2.10. The molecule has 0 fully saturated rings. The summed E-state index contributed by atoms with van der Waals surface area (Å²) in [6.07, 6.45) is 2.59. The van der Waals surface area contributed by atoms with Crippen LogP contribution in [0.1, 0.15) is 17.0 Å². The lowest BCUT2D eigenvalue weighted by atomic mass is 10.1. The lowest BCUT2D eigenvalue weighted by molar-refractivity contribution is 0.174. The van der Waals surface area contributed by atoms with Gasteiger partial charge in [0.1, 0.15) is 0 Å². The minimum absolute atomic E-state index is 0. The second-order valence-corrected chi connectivity index (χ2v) is 6.77. The Kier molecular flexibility index (Phi) is 7.56. The molecular weight excluding hydrogens is 495 g/mol. The van der Waals surface area contributed by atoms with Crippen molar-refractivity contribution in [1.29, 1.82) is 0 Å². The summed E-state index contributed by atoms with van der Waals surface area (Å²) in [5.74, 6) is 3.67. The van der Waals surface area contributed by atoms with Gasteiger partial charge in [-0.1, -0.05) is 35.9 Å². The van der Waals surface area contributed by atoms with E-state index in [0.717, 1.165) is 35.8 Å². The third-order valence-corrected chi connectivity index (χ3v) is 4.66. The van der Waals surface area contributed by atoms with E-state index in [9.17, 15) is 0 Å². The van der Waals surface area contributed by atoms with Crippen LogP contribution in [0.25, 0.3) is 11.3 Å². The molecule has 2 heterocycles. The Morgan fingerprint density at radius 3 is 2.67 bits per heavy atom. The molecule has 0 saturated carbocycles. The van der Waals surface area contributed by atoms with Gasteiger partial charge in [0.25, 0.3) is 0 Å². The first-order valence-corrected chi connectivity index (χ1v) is 9.56. The van der Waals surface area contributed by atoms with Crippen molar-refractivity contribution in [2.75, 3.05) is 20.4 Å². The minimum Gasteiger partial charge on any atom is -0.454 e. The number of halogens is 1. The van der Waals surface area contributed by atoms with Crippen LogP contribution in [-0.2, 0) is 13.0 Å². The number of guanidine groups is 1. The summed E-state index contributed by atoms with van der Waals surface area (Å²) in [5.41, 5.74) is 3.40. The maximum atomic E-state index is 5.84. The first-order valence-electron chi connectivity index (χ1n) is 9.56. The highest BCUT2D eigenvalue weighted by Gasteiger charge is 2.13. The van der Waals surface area contributed by atoms with Crippen LogP contribution in [0.2, 0.25) is 0 Å². The summed E-state index contributed by atoms with van der Waals surface area (Å²) >= 11 is 0. The molecular formula is C22H25IN4O3. The molecule has 0 spiro atoms. The Labute approximate surface area is 192 Å². The second-order valence-electron chi connectivity index (χ2n) is 6.77. The molecule has 158 valence electrons. The van der Waals surface area contributed by atoms with Crippen molar-refractivity contribution in [2.24, 2.45) is 4.99 Å². The van der Waals surface area contributed by atoms with Gasteiger partial charge in [0.2, 0.25) is 12.7 Å². The topological polar surface area (TPSA) is 80.9 Å². The van der Waals surface area contributed by atoms with Crippen LogP contribution in [0.5, 0.6) is 11.5 Å². The van der Waals surface area contributed by atoms with Gasteiger partial charge in [-0.25, -0.2) is 4.98 Å². The summed E-state index contributed by atoms with van der Waals surface area (Å²) in [5, 5.41) is 6.52. The molecule has 1 aliphatic heterocycles. The van der Waals surface area contributed by atoms with Gasteiger partial charge in [-0.15, -0.1) is 24.0 Å². The average Bonchev–Trinajstić information content (AvgIpc) is 3.40. The van der Waals surface area contributed by atoms with Gasteiger partial charge in [-0.3, -0.25) is 4.99 Å². The first kappa shape index (κ1) is 21.9. The number of aliphatic imine (C=N–C) groups is 1. The highest BCUT2D eigenvalue weighted by Crippen LogP contribution is 2.32. The maximum Gasteiger partial charge on any atom is 0.231 e. The van der Waals surface area contributed by atoms with E-state index in [4.69, 9.17) is 13.9 Å². The normalized spacial score (nSPS) is 12.4. The van der Waals surface area contributed by atoms with Crippen LogP contribution in [0.4, 0.5) is 0 Å². The standard InChI is InChI=1S/C22H24N4O3.HI/c1-15-3-6-17(7-4-15)20-12-25-21(29-20)13-26-22(23-2)24-10-9-16-5-8-18-19(11-16)28-14-27-18;/h3-8,11-12H,9-10,13-14H2,1-2H3,(H2,23,24,26);1H. The molecule has 0 saturated heterocycles. The van der Waals surface area contributed by atoms with Crippen molar-refractivity contribution < 1.29 is 13.9 Å². The van der Waals surface area contributed by atoms with E-state index >= 15 is 0 Å². The molecule has 3 aromatic rings. The zero-order valence-corrected chi connectivity index (χ0v) is 19.3. The van der Waals surface area contributed by atoms with E-state index in [1.165, 1.54) is 11.1 Å². The summed E-state index contributed by atoms with van der Waals surface area (Å²) in [6.45, 7) is 3.54. The highest BCUT2D eigenvalue weighted by molar-refractivity contribution is 14.0. The van der Waals surface area contributed by atoms with Crippen LogP contribution in [0, 0.1) is 6.92 Å². The number of hydrogen-bond donors (Lipinski definition) is 2. The molecule has 1 aromatic heterocycles. The SMILES string of the molecule is CN=C(NCCc1ccc2c(c1)OCO2)NCc1ncc(-c2ccc(C)cc2)o1.I. The fourth-order valence-electron chi connectivity index (χ4n) is 3.04. The number of benzene rings is 2. The van der Waals surface area contributed by atoms with Gasteiger partial charge in [-0.05, 0) is 31.0 Å². The van der Waals surface area contributed by atoms with E-state index in [2.05, 4.69) is 39.7 Å². The van der Waals surface area contributed by atoms with Crippen molar-refractivity contribution in [3.63, 3.8) is 0 Å². The highest BCUT2D eigenvalue weighted by atomic mass is 127. The molecule has 0 amide bonds. The molecule has 4 rings (SSSR count). The quantitative estimate of drug-likeness (QED) is 0.292. The van der Waals surface area contributed by atoms with Gasteiger partial charge in [0.15, 0.2) is 23.2 Å². The number of nitrogens with zero attached hydrogens (tertiary/aromatic N) is 2. The Morgan fingerprint density at radius 2 is 1.87 bits per heavy atom. The van der Waals surface area contributed by atoms with Crippen LogP contribution >= 0.6 is 24.0 Å². The third-order valence-electron chi connectivity index (χ3n) is 4.66. The molecule has 2 N–H and O–H groups in total. The molecule has 30 heavy (non-hydrogen) atoms. The van der Waals surface area contributed by atoms with Crippen molar-refractivity contribution in [2.45, 2.75) is 19.9 Å². The van der Waals surface area contributed by atoms with Crippen LogP contribution < -0.4 is 20.1 Å².